The number of nitrogens with one attached hydrogen (secondary N) is 3. The first-order valence-electron chi connectivity index (χ1n) is 8.15. The Morgan fingerprint density at radius 1 is 1.25 bits per heavy atom. The molecule has 0 saturated carbocycles. The molecule has 0 aliphatic carbocycles. The van der Waals surface area contributed by atoms with Crippen molar-refractivity contribution in [3.8, 4) is 0 Å². The number of aryl methyl sites for hydroxylation is 1. The molecule has 7 heteroatoms. The first-order chi connectivity index (χ1) is 11.7. The lowest BCUT2D eigenvalue weighted by atomic mass is 10.2. The molecule has 0 bridgehead atoms. The zero-order valence-corrected chi connectivity index (χ0v) is 13.9. The number of para-hydroxylation sites is 1. The van der Waals surface area contributed by atoms with Gasteiger partial charge in [-0.05, 0) is 18.6 Å². The zero-order valence-electron chi connectivity index (χ0n) is 13.9. The highest BCUT2D eigenvalue weighted by Gasteiger charge is 2.05. The second-order valence-corrected chi connectivity index (χ2v) is 5.48. The fourth-order valence-electron chi connectivity index (χ4n) is 2.35. The summed E-state index contributed by atoms with van der Waals surface area (Å²) in [6.45, 7) is 2.74. The summed E-state index contributed by atoms with van der Waals surface area (Å²) in [7, 11) is 1.65. The summed E-state index contributed by atoms with van der Waals surface area (Å²) in [5.41, 5.74) is 0.546. The Bertz CT molecular complexity index is 714. The molecule has 1 aromatic heterocycles. The van der Waals surface area contributed by atoms with Crippen molar-refractivity contribution in [3.63, 3.8) is 0 Å². The van der Waals surface area contributed by atoms with E-state index in [0.29, 0.717) is 55.7 Å². The number of aromatic amines is 1. The van der Waals surface area contributed by atoms with Gasteiger partial charge in [-0.15, -0.1) is 0 Å². The molecule has 0 aliphatic rings. The molecule has 0 spiro atoms. The summed E-state index contributed by atoms with van der Waals surface area (Å²) < 4.78 is 4.92. The third-order valence-corrected chi connectivity index (χ3v) is 3.59. The lowest BCUT2D eigenvalue weighted by molar-refractivity contribution is -0.121. The van der Waals surface area contributed by atoms with Gasteiger partial charge in [0.05, 0.1) is 17.5 Å². The standard InChI is InChI=1S/C17H24N4O3/c1-24-12-11-18-9-10-19-16(22)8-4-7-15-20-14-6-3-2-5-13(14)17(23)21-15/h2-3,5-6,18H,4,7-12H2,1H3,(H,19,22)(H,20,21,23). The van der Waals surface area contributed by atoms with Gasteiger partial charge in [-0.2, -0.15) is 0 Å². The fourth-order valence-corrected chi connectivity index (χ4v) is 2.35. The van der Waals surface area contributed by atoms with Gasteiger partial charge in [-0.25, -0.2) is 4.98 Å². The first kappa shape index (κ1) is 18.1. The maximum absolute atomic E-state index is 12.0. The van der Waals surface area contributed by atoms with Gasteiger partial charge in [-0.1, -0.05) is 12.1 Å². The number of aromatic nitrogens is 2. The van der Waals surface area contributed by atoms with Crippen LogP contribution in [0.15, 0.2) is 29.1 Å². The van der Waals surface area contributed by atoms with Gasteiger partial charge in [0.2, 0.25) is 5.91 Å². The summed E-state index contributed by atoms with van der Waals surface area (Å²) in [4.78, 5) is 30.9. The van der Waals surface area contributed by atoms with E-state index in [1.165, 1.54) is 0 Å². The van der Waals surface area contributed by atoms with E-state index in [1.54, 1.807) is 13.2 Å². The number of hydrogen-bond donors (Lipinski definition) is 3. The number of carbonyl (C=O) groups is 1. The highest BCUT2D eigenvalue weighted by Crippen LogP contribution is 2.07. The van der Waals surface area contributed by atoms with E-state index in [9.17, 15) is 9.59 Å². The van der Waals surface area contributed by atoms with E-state index < -0.39 is 0 Å². The van der Waals surface area contributed by atoms with Gasteiger partial charge in [0.15, 0.2) is 0 Å². The summed E-state index contributed by atoms with van der Waals surface area (Å²) in [5.74, 6) is 0.624. The molecular weight excluding hydrogens is 308 g/mol. The van der Waals surface area contributed by atoms with Crippen molar-refractivity contribution in [3.05, 3.63) is 40.4 Å². The molecule has 0 saturated heterocycles. The maximum Gasteiger partial charge on any atom is 0.258 e. The Balaban J connectivity index is 1.70. The van der Waals surface area contributed by atoms with Crippen molar-refractivity contribution in [2.45, 2.75) is 19.3 Å². The van der Waals surface area contributed by atoms with Crippen molar-refractivity contribution < 1.29 is 9.53 Å². The Morgan fingerprint density at radius 2 is 2.08 bits per heavy atom. The Morgan fingerprint density at radius 3 is 2.92 bits per heavy atom. The van der Waals surface area contributed by atoms with Crippen LogP contribution >= 0.6 is 0 Å². The fraction of sp³-hybridized carbons (Fsp3) is 0.471. The number of hydrogen-bond acceptors (Lipinski definition) is 5. The van der Waals surface area contributed by atoms with Crippen LogP contribution in [0.3, 0.4) is 0 Å². The molecule has 24 heavy (non-hydrogen) atoms. The minimum atomic E-state index is -0.137. The zero-order chi connectivity index (χ0) is 17.2. The maximum atomic E-state index is 12.0. The van der Waals surface area contributed by atoms with E-state index in [-0.39, 0.29) is 11.5 Å². The Kier molecular flexibility index (Phi) is 7.38. The van der Waals surface area contributed by atoms with Crippen LogP contribution in [0, 0.1) is 0 Å². The molecule has 0 unspecified atom stereocenters. The third kappa shape index (κ3) is 5.75. The summed E-state index contributed by atoms with van der Waals surface area (Å²) >= 11 is 0. The van der Waals surface area contributed by atoms with E-state index in [0.717, 1.165) is 6.54 Å². The van der Waals surface area contributed by atoms with Crippen LogP contribution < -0.4 is 16.2 Å². The van der Waals surface area contributed by atoms with Gasteiger partial charge in [0.25, 0.3) is 5.56 Å². The number of nitrogens with zero attached hydrogens (tertiary/aromatic N) is 1. The molecule has 0 atom stereocenters. The van der Waals surface area contributed by atoms with Gasteiger partial charge < -0.3 is 20.4 Å². The van der Waals surface area contributed by atoms with Crippen LogP contribution in [0.4, 0.5) is 0 Å². The van der Waals surface area contributed by atoms with Crippen LogP contribution in [0.2, 0.25) is 0 Å². The topological polar surface area (TPSA) is 96.1 Å². The Hall–Kier alpha value is -2.25. The van der Waals surface area contributed by atoms with Crippen LogP contribution in [-0.2, 0) is 16.0 Å². The average molecular weight is 332 g/mol. The molecule has 7 nitrogen and oxygen atoms in total. The summed E-state index contributed by atoms with van der Waals surface area (Å²) in [5, 5.41) is 6.59. The number of carbonyl (C=O) groups excluding carboxylic acids is 1. The molecule has 130 valence electrons. The van der Waals surface area contributed by atoms with E-state index in [4.69, 9.17) is 4.74 Å². The molecule has 1 heterocycles. The number of ether oxygens (including phenoxy) is 1. The van der Waals surface area contributed by atoms with E-state index in [2.05, 4.69) is 20.6 Å². The summed E-state index contributed by atoms with van der Waals surface area (Å²) in [6, 6.07) is 7.23. The molecule has 2 rings (SSSR count). The molecule has 3 N–H and O–H groups in total. The highest BCUT2D eigenvalue weighted by molar-refractivity contribution is 5.77. The lowest BCUT2D eigenvalue weighted by Crippen LogP contribution is -2.33. The van der Waals surface area contributed by atoms with Gasteiger partial charge in [-0.3, -0.25) is 9.59 Å². The number of fused-ring (bicyclic) bond motifs is 1. The number of rotatable bonds is 10. The van der Waals surface area contributed by atoms with Crippen molar-refractivity contribution >= 4 is 16.8 Å². The normalized spacial score (nSPS) is 10.9. The minimum Gasteiger partial charge on any atom is -0.383 e. The molecule has 2 aromatic rings. The molecule has 1 aromatic carbocycles. The van der Waals surface area contributed by atoms with E-state index >= 15 is 0 Å². The second kappa shape index (κ2) is 9.79. The van der Waals surface area contributed by atoms with Crippen LogP contribution in [0.5, 0.6) is 0 Å². The average Bonchev–Trinajstić information content (AvgIpc) is 2.58. The largest absolute Gasteiger partial charge is 0.383 e. The van der Waals surface area contributed by atoms with Crippen molar-refractivity contribution in [2.75, 3.05) is 33.4 Å². The van der Waals surface area contributed by atoms with Crippen LogP contribution in [0.1, 0.15) is 18.7 Å². The number of methoxy groups -OCH3 is 1. The van der Waals surface area contributed by atoms with Gasteiger partial charge >= 0.3 is 0 Å². The number of benzene rings is 1. The number of H-pyrrole nitrogens is 1. The van der Waals surface area contributed by atoms with Crippen molar-refractivity contribution in [1.29, 1.82) is 0 Å². The second-order valence-electron chi connectivity index (χ2n) is 5.48. The molecule has 0 radical (unpaired) electrons. The van der Waals surface area contributed by atoms with Crippen molar-refractivity contribution in [2.24, 2.45) is 0 Å². The Labute approximate surface area is 140 Å². The molecule has 0 fully saturated rings. The number of amides is 1. The van der Waals surface area contributed by atoms with Crippen molar-refractivity contribution in [1.82, 2.24) is 20.6 Å². The minimum absolute atomic E-state index is 0.00618. The van der Waals surface area contributed by atoms with Crippen LogP contribution in [0.25, 0.3) is 10.9 Å². The smallest absolute Gasteiger partial charge is 0.258 e. The van der Waals surface area contributed by atoms with Crippen LogP contribution in [-0.4, -0.2) is 49.2 Å². The summed E-state index contributed by atoms with van der Waals surface area (Å²) in [6.07, 6.45) is 1.62. The van der Waals surface area contributed by atoms with E-state index in [1.807, 2.05) is 18.2 Å². The lowest BCUT2D eigenvalue weighted by Gasteiger charge is -2.07. The molecule has 0 aliphatic heterocycles. The quantitative estimate of drug-likeness (QED) is 0.554. The SMILES string of the molecule is COCCNCCNC(=O)CCCc1nc2ccccc2c(=O)[nH]1. The predicted molar refractivity (Wildman–Crippen MR) is 93.1 cm³/mol. The monoisotopic (exact) mass is 332 g/mol. The first-order valence-corrected chi connectivity index (χ1v) is 8.15. The van der Waals surface area contributed by atoms with Gasteiger partial charge in [0, 0.05) is 39.6 Å². The highest BCUT2D eigenvalue weighted by atomic mass is 16.5. The van der Waals surface area contributed by atoms with Gasteiger partial charge in [0.1, 0.15) is 5.82 Å². The molecule has 1 amide bonds. The molecular formula is C17H24N4O3. The predicted octanol–water partition coefficient (Wildman–Crippen LogP) is 0.598. The third-order valence-electron chi connectivity index (χ3n) is 3.59.